The summed E-state index contributed by atoms with van der Waals surface area (Å²) in [5.41, 5.74) is 0. The van der Waals surface area contributed by atoms with Gasteiger partial charge >= 0.3 is 39.5 Å². The Morgan fingerprint density at radius 1 is 0.310 bits per heavy atom. The number of rotatable bonds is 67. The molecular formula is C68H132O17P2. The normalized spacial score (nSPS) is 14.2. The lowest BCUT2D eigenvalue weighted by molar-refractivity contribution is -0.161. The SMILES string of the molecule is CCCCCCCCCCCCCCCC(=O)OC[C@H](COP(=O)(O)OC[C@@H](O)COP(=O)(O)OC[C@@H](COC(=O)CCCCCCCCC(C)C)OC(=O)CCCCCCCCCCCC(C)C)OC(=O)CCCCCCCCCCCCCCC. The molecule has 0 aliphatic rings. The molecule has 0 radical (unpaired) electrons. The highest BCUT2D eigenvalue weighted by molar-refractivity contribution is 7.47. The average Bonchev–Trinajstić information content (AvgIpc) is 3.49. The second-order valence-electron chi connectivity index (χ2n) is 25.5. The standard InChI is InChI=1S/C68H132O17P2/c1-7-9-11-13-15-17-19-21-23-27-31-38-44-50-65(70)78-56-63(84-67(72)52-46-40-32-28-24-22-20-18-16-14-12-10-8-2)58-82-86(74,75)80-54-62(69)55-81-87(76,77)83-59-64(57-79-66(71)51-45-39-35-34-37-43-49-61(5)6)85-68(73)53-47-41-33-29-25-26-30-36-42-48-60(3)4/h60-64,69H,7-59H2,1-6H3,(H,74,75)(H,76,77)/t62-,63-,64-/m1/s1. The average molecular weight is 1280 g/mol. The number of aliphatic hydroxyl groups is 1. The summed E-state index contributed by atoms with van der Waals surface area (Å²) < 4.78 is 68.2. The number of carbonyl (C=O) groups is 4. The minimum atomic E-state index is -4.95. The quantitative estimate of drug-likeness (QED) is 0.0222. The molecule has 17 nitrogen and oxygen atoms in total. The smallest absolute Gasteiger partial charge is 0.462 e. The van der Waals surface area contributed by atoms with E-state index in [1.807, 2.05) is 0 Å². The fraction of sp³-hybridized carbons (Fsp3) is 0.941. The molecule has 3 N–H and O–H groups in total. The van der Waals surface area contributed by atoms with E-state index in [0.717, 1.165) is 102 Å². The third-order valence-corrected chi connectivity index (χ3v) is 17.6. The Hall–Kier alpha value is -1.94. The molecule has 0 aromatic heterocycles. The van der Waals surface area contributed by atoms with Crippen LogP contribution >= 0.6 is 15.6 Å². The zero-order valence-electron chi connectivity index (χ0n) is 56.3. The number of ether oxygens (including phenoxy) is 4. The van der Waals surface area contributed by atoms with E-state index >= 15 is 0 Å². The van der Waals surface area contributed by atoms with Gasteiger partial charge in [0, 0.05) is 25.7 Å². The second kappa shape index (κ2) is 60.3. The van der Waals surface area contributed by atoms with Crippen LogP contribution in [0.5, 0.6) is 0 Å². The van der Waals surface area contributed by atoms with Crippen LogP contribution in [0, 0.1) is 11.8 Å². The van der Waals surface area contributed by atoms with E-state index in [2.05, 4.69) is 41.5 Å². The molecule has 0 saturated heterocycles. The predicted octanol–water partition coefficient (Wildman–Crippen LogP) is 19.2. The molecule has 0 amide bonds. The van der Waals surface area contributed by atoms with Gasteiger partial charge in [0.1, 0.15) is 19.3 Å². The third kappa shape index (κ3) is 62.6. The van der Waals surface area contributed by atoms with Gasteiger partial charge in [-0.3, -0.25) is 37.3 Å². The van der Waals surface area contributed by atoms with Crippen LogP contribution in [0.25, 0.3) is 0 Å². The zero-order valence-corrected chi connectivity index (χ0v) is 58.1. The van der Waals surface area contributed by atoms with Crippen molar-refractivity contribution in [2.24, 2.45) is 11.8 Å². The third-order valence-electron chi connectivity index (χ3n) is 15.7. The molecule has 87 heavy (non-hydrogen) atoms. The molecule has 0 aliphatic carbocycles. The lowest BCUT2D eigenvalue weighted by atomic mass is 10.0. The summed E-state index contributed by atoms with van der Waals surface area (Å²) in [5, 5.41) is 10.6. The van der Waals surface area contributed by atoms with Crippen molar-refractivity contribution in [2.45, 2.75) is 362 Å². The molecule has 0 aromatic carbocycles. The van der Waals surface area contributed by atoms with E-state index in [1.54, 1.807) is 0 Å². The van der Waals surface area contributed by atoms with Gasteiger partial charge in [0.2, 0.25) is 0 Å². The second-order valence-corrected chi connectivity index (χ2v) is 28.4. The van der Waals surface area contributed by atoms with Gasteiger partial charge in [0.25, 0.3) is 0 Å². The summed E-state index contributed by atoms with van der Waals surface area (Å²) in [4.78, 5) is 72.4. The van der Waals surface area contributed by atoms with Crippen molar-refractivity contribution in [1.82, 2.24) is 0 Å². The Balaban J connectivity index is 5.24. The number of hydrogen-bond acceptors (Lipinski definition) is 15. The molecule has 5 atom stereocenters. The summed E-state index contributed by atoms with van der Waals surface area (Å²) in [6, 6.07) is 0. The zero-order chi connectivity index (χ0) is 64.3. The van der Waals surface area contributed by atoms with Gasteiger partial charge < -0.3 is 33.8 Å². The Morgan fingerprint density at radius 3 is 0.782 bits per heavy atom. The molecule has 19 heteroatoms. The molecule has 0 bridgehead atoms. The minimum absolute atomic E-state index is 0.104. The Morgan fingerprint density at radius 2 is 0.529 bits per heavy atom. The highest BCUT2D eigenvalue weighted by Crippen LogP contribution is 2.45. The number of esters is 4. The molecule has 0 spiro atoms. The molecule has 2 unspecified atom stereocenters. The summed E-state index contributed by atoms with van der Waals surface area (Å²) in [6.45, 7) is 9.43. The maximum Gasteiger partial charge on any atom is 0.472 e. The lowest BCUT2D eigenvalue weighted by Gasteiger charge is -2.21. The van der Waals surface area contributed by atoms with Crippen LogP contribution in [-0.4, -0.2) is 96.7 Å². The first-order valence-electron chi connectivity index (χ1n) is 35.5. The molecule has 516 valence electrons. The molecule has 0 saturated carbocycles. The Bertz CT molecular complexity index is 1700. The van der Waals surface area contributed by atoms with Crippen molar-refractivity contribution >= 4 is 39.5 Å². The van der Waals surface area contributed by atoms with Gasteiger partial charge in [-0.05, 0) is 37.5 Å². The molecule has 0 rings (SSSR count). The van der Waals surface area contributed by atoms with Crippen LogP contribution in [-0.2, 0) is 65.4 Å². The molecule has 0 heterocycles. The predicted molar refractivity (Wildman–Crippen MR) is 349 cm³/mol. The van der Waals surface area contributed by atoms with E-state index in [0.29, 0.717) is 31.6 Å². The van der Waals surface area contributed by atoms with Crippen LogP contribution in [0.1, 0.15) is 343 Å². The van der Waals surface area contributed by atoms with E-state index in [4.69, 9.17) is 37.0 Å². The monoisotopic (exact) mass is 1280 g/mol. The summed E-state index contributed by atoms with van der Waals surface area (Å²) in [6.07, 6.45) is 44.5. The summed E-state index contributed by atoms with van der Waals surface area (Å²) in [7, 11) is -9.89. The van der Waals surface area contributed by atoms with E-state index in [-0.39, 0.29) is 25.7 Å². The van der Waals surface area contributed by atoms with Crippen molar-refractivity contribution in [3.63, 3.8) is 0 Å². The van der Waals surface area contributed by atoms with Gasteiger partial charge in [0.05, 0.1) is 26.4 Å². The maximum absolute atomic E-state index is 13.0. The molecule has 0 fully saturated rings. The van der Waals surface area contributed by atoms with Gasteiger partial charge in [-0.25, -0.2) is 9.13 Å². The van der Waals surface area contributed by atoms with Crippen molar-refractivity contribution in [2.75, 3.05) is 39.6 Å². The summed E-state index contributed by atoms with van der Waals surface area (Å²) >= 11 is 0. The summed E-state index contributed by atoms with van der Waals surface area (Å²) in [5.74, 6) is -0.712. The van der Waals surface area contributed by atoms with E-state index in [9.17, 15) is 43.2 Å². The van der Waals surface area contributed by atoms with Crippen molar-refractivity contribution in [3.05, 3.63) is 0 Å². The van der Waals surface area contributed by atoms with Crippen molar-refractivity contribution < 1.29 is 80.2 Å². The Kier molecular flexibility index (Phi) is 59.0. The van der Waals surface area contributed by atoms with Gasteiger partial charge in [-0.2, -0.15) is 0 Å². The van der Waals surface area contributed by atoms with Crippen LogP contribution in [0.3, 0.4) is 0 Å². The minimum Gasteiger partial charge on any atom is -0.462 e. The first-order valence-corrected chi connectivity index (χ1v) is 38.5. The van der Waals surface area contributed by atoms with Gasteiger partial charge in [-0.15, -0.1) is 0 Å². The van der Waals surface area contributed by atoms with E-state index < -0.39 is 97.5 Å². The molecule has 0 aliphatic heterocycles. The topological polar surface area (TPSA) is 237 Å². The number of aliphatic hydroxyl groups excluding tert-OH is 1. The molecule has 0 aromatic rings. The highest BCUT2D eigenvalue weighted by Gasteiger charge is 2.30. The van der Waals surface area contributed by atoms with Crippen LogP contribution in [0.4, 0.5) is 0 Å². The van der Waals surface area contributed by atoms with E-state index in [1.165, 1.54) is 154 Å². The number of phosphoric acid groups is 2. The van der Waals surface area contributed by atoms with Gasteiger partial charge in [-0.1, -0.05) is 292 Å². The highest BCUT2D eigenvalue weighted by atomic mass is 31.2. The largest absolute Gasteiger partial charge is 0.472 e. The van der Waals surface area contributed by atoms with Crippen molar-refractivity contribution in [3.8, 4) is 0 Å². The maximum atomic E-state index is 13.0. The number of phosphoric ester groups is 2. The first-order chi connectivity index (χ1) is 41.9. The Labute approximate surface area is 530 Å². The lowest BCUT2D eigenvalue weighted by Crippen LogP contribution is -2.30. The first kappa shape index (κ1) is 85.1. The number of carbonyl (C=O) groups excluding carboxylic acids is 4. The van der Waals surface area contributed by atoms with Crippen LogP contribution in [0.2, 0.25) is 0 Å². The molecular weight excluding hydrogens is 1150 g/mol. The van der Waals surface area contributed by atoms with Crippen LogP contribution in [0.15, 0.2) is 0 Å². The number of unbranched alkanes of at least 4 members (excludes halogenated alkanes) is 37. The van der Waals surface area contributed by atoms with Crippen LogP contribution < -0.4 is 0 Å². The van der Waals surface area contributed by atoms with Crippen molar-refractivity contribution in [1.29, 1.82) is 0 Å². The fourth-order valence-electron chi connectivity index (χ4n) is 10.2. The fourth-order valence-corrected chi connectivity index (χ4v) is 11.8. The number of hydrogen-bond donors (Lipinski definition) is 3. The van der Waals surface area contributed by atoms with Gasteiger partial charge in [0.15, 0.2) is 12.2 Å².